The summed E-state index contributed by atoms with van der Waals surface area (Å²) >= 11 is 0. The summed E-state index contributed by atoms with van der Waals surface area (Å²) in [5.41, 5.74) is 6.32. The minimum atomic E-state index is -1.09. The second kappa shape index (κ2) is 6.91. The number of carbonyl (C=O) groups excluding carboxylic acids is 1. The minimum Gasteiger partial charge on any atom is -0.496 e. The Morgan fingerprint density at radius 2 is 2.10 bits per heavy atom. The highest BCUT2D eigenvalue weighted by molar-refractivity contribution is 5.96. The van der Waals surface area contributed by atoms with Crippen molar-refractivity contribution < 1.29 is 19.4 Å². The molecule has 0 bridgehead atoms. The van der Waals surface area contributed by atoms with Crippen LogP contribution in [0.4, 0.5) is 5.69 Å². The van der Waals surface area contributed by atoms with E-state index < -0.39 is 12.0 Å². The van der Waals surface area contributed by atoms with Gasteiger partial charge in [-0.2, -0.15) is 0 Å². The summed E-state index contributed by atoms with van der Waals surface area (Å²) in [6, 6.07) is 3.74. The third kappa shape index (κ3) is 3.71. The van der Waals surface area contributed by atoms with Gasteiger partial charge >= 0.3 is 5.97 Å². The van der Waals surface area contributed by atoms with Crippen LogP contribution < -0.4 is 15.8 Å². The molecule has 0 unspecified atom stereocenters. The van der Waals surface area contributed by atoms with Crippen molar-refractivity contribution in [1.29, 1.82) is 0 Å². The van der Waals surface area contributed by atoms with Crippen LogP contribution in [0.1, 0.15) is 30.6 Å². The SMILES string of the molecule is CC[C@H](C)[C@H](N)C(=O)Nc1ccc(C(=O)O)c(OC)c1. The number of nitrogens with two attached hydrogens (primary N) is 1. The number of carboxylic acid groups (broad SMARTS) is 1. The van der Waals surface area contributed by atoms with E-state index in [-0.39, 0.29) is 23.1 Å². The van der Waals surface area contributed by atoms with E-state index in [4.69, 9.17) is 15.6 Å². The molecule has 6 nitrogen and oxygen atoms in total. The van der Waals surface area contributed by atoms with Crippen LogP contribution >= 0.6 is 0 Å². The summed E-state index contributed by atoms with van der Waals surface area (Å²) in [5, 5.41) is 11.6. The van der Waals surface area contributed by atoms with Crippen LogP contribution in [-0.2, 0) is 4.79 Å². The molecule has 0 fully saturated rings. The third-order valence-electron chi connectivity index (χ3n) is 3.26. The quantitative estimate of drug-likeness (QED) is 0.736. The Morgan fingerprint density at radius 3 is 2.60 bits per heavy atom. The Hall–Kier alpha value is -2.08. The first-order valence-electron chi connectivity index (χ1n) is 6.38. The van der Waals surface area contributed by atoms with Gasteiger partial charge in [0.1, 0.15) is 11.3 Å². The van der Waals surface area contributed by atoms with Gasteiger partial charge in [-0.1, -0.05) is 20.3 Å². The topological polar surface area (TPSA) is 102 Å². The number of anilines is 1. The molecule has 1 aromatic carbocycles. The molecular formula is C14H20N2O4. The Balaban J connectivity index is 2.88. The molecule has 0 aliphatic carbocycles. The molecule has 0 aromatic heterocycles. The fourth-order valence-electron chi connectivity index (χ4n) is 1.68. The van der Waals surface area contributed by atoms with Crippen molar-refractivity contribution in [1.82, 2.24) is 0 Å². The fraction of sp³-hybridized carbons (Fsp3) is 0.429. The molecule has 1 aromatic rings. The van der Waals surface area contributed by atoms with E-state index in [0.29, 0.717) is 5.69 Å². The van der Waals surface area contributed by atoms with Crippen molar-refractivity contribution in [2.24, 2.45) is 11.7 Å². The fourth-order valence-corrected chi connectivity index (χ4v) is 1.68. The highest BCUT2D eigenvalue weighted by Gasteiger charge is 2.20. The first-order valence-corrected chi connectivity index (χ1v) is 6.38. The number of benzene rings is 1. The molecule has 0 radical (unpaired) electrons. The molecule has 1 amide bonds. The highest BCUT2D eigenvalue weighted by atomic mass is 16.5. The molecule has 4 N–H and O–H groups in total. The molecule has 0 spiro atoms. The number of aromatic carboxylic acids is 1. The lowest BCUT2D eigenvalue weighted by atomic mass is 9.99. The van der Waals surface area contributed by atoms with E-state index in [2.05, 4.69) is 5.32 Å². The van der Waals surface area contributed by atoms with E-state index in [1.165, 1.54) is 25.3 Å². The number of carboxylic acids is 1. The highest BCUT2D eigenvalue weighted by Crippen LogP contribution is 2.23. The van der Waals surface area contributed by atoms with Crippen LogP contribution in [0.3, 0.4) is 0 Å². The van der Waals surface area contributed by atoms with Crippen LogP contribution in [0.15, 0.2) is 18.2 Å². The molecule has 0 heterocycles. The summed E-state index contributed by atoms with van der Waals surface area (Å²) in [6.45, 7) is 3.86. The zero-order chi connectivity index (χ0) is 15.3. The Bertz CT molecular complexity index is 502. The lowest BCUT2D eigenvalue weighted by Gasteiger charge is -2.18. The average molecular weight is 280 g/mol. The van der Waals surface area contributed by atoms with Crippen molar-refractivity contribution in [2.45, 2.75) is 26.3 Å². The predicted octanol–water partition coefficient (Wildman–Crippen LogP) is 1.71. The maximum Gasteiger partial charge on any atom is 0.339 e. The lowest BCUT2D eigenvalue weighted by Crippen LogP contribution is -2.40. The van der Waals surface area contributed by atoms with Crippen LogP contribution in [-0.4, -0.2) is 30.1 Å². The number of amides is 1. The second-order valence-corrected chi connectivity index (χ2v) is 4.62. The number of nitrogens with one attached hydrogen (secondary N) is 1. The number of rotatable bonds is 6. The molecular weight excluding hydrogens is 260 g/mol. The van der Waals surface area contributed by atoms with Gasteiger partial charge < -0.3 is 20.9 Å². The minimum absolute atomic E-state index is 0.0386. The number of hydrogen-bond donors (Lipinski definition) is 3. The first kappa shape index (κ1) is 16.0. The van der Waals surface area contributed by atoms with E-state index >= 15 is 0 Å². The lowest BCUT2D eigenvalue weighted by molar-refractivity contribution is -0.118. The van der Waals surface area contributed by atoms with Crippen molar-refractivity contribution in [3.63, 3.8) is 0 Å². The maximum atomic E-state index is 11.9. The Labute approximate surface area is 117 Å². The molecule has 1 rings (SSSR count). The van der Waals surface area contributed by atoms with Crippen molar-refractivity contribution in [2.75, 3.05) is 12.4 Å². The number of hydrogen-bond acceptors (Lipinski definition) is 4. The van der Waals surface area contributed by atoms with Gasteiger partial charge in [0.25, 0.3) is 0 Å². The molecule has 0 saturated carbocycles. The molecule has 110 valence electrons. The van der Waals surface area contributed by atoms with Gasteiger partial charge in [0.2, 0.25) is 5.91 Å². The summed E-state index contributed by atoms with van der Waals surface area (Å²) < 4.78 is 4.99. The molecule has 20 heavy (non-hydrogen) atoms. The Morgan fingerprint density at radius 1 is 1.45 bits per heavy atom. The number of ether oxygens (including phenoxy) is 1. The molecule has 0 aliphatic heterocycles. The van der Waals surface area contributed by atoms with Gasteiger partial charge in [-0.25, -0.2) is 4.79 Å². The predicted molar refractivity (Wildman–Crippen MR) is 76.0 cm³/mol. The van der Waals surface area contributed by atoms with E-state index in [1.807, 2.05) is 13.8 Å². The summed E-state index contributed by atoms with van der Waals surface area (Å²) in [7, 11) is 1.37. The summed E-state index contributed by atoms with van der Waals surface area (Å²) in [5.74, 6) is -1.14. The van der Waals surface area contributed by atoms with Gasteiger partial charge in [-0.15, -0.1) is 0 Å². The number of methoxy groups -OCH3 is 1. The largest absolute Gasteiger partial charge is 0.496 e. The smallest absolute Gasteiger partial charge is 0.339 e. The molecule has 0 saturated heterocycles. The summed E-state index contributed by atoms with van der Waals surface area (Å²) in [6.07, 6.45) is 0.801. The Kier molecular flexibility index (Phi) is 5.52. The van der Waals surface area contributed by atoms with Crippen LogP contribution in [0.5, 0.6) is 5.75 Å². The normalized spacial score (nSPS) is 13.4. The molecule has 0 aliphatic rings. The molecule has 6 heteroatoms. The third-order valence-corrected chi connectivity index (χ3v) is 3.26. The van der Waals surface area contributed by atoms with Crippen molar-refractivity contribution >= 4 is 17.6 Å². The van der Waals surface area contributed by atoms with Gasteiger partial charge in [0, 0.05) is 11.8 Å². The van der Waals surface area contributed by atoms with Crippen LogP contribution in [0, 0.1) is 5.92 Å². The van der Waals surface area contributed by atoms with Crippen LogP contribution in [0.2, 0.25) is 0 Å². The summed E-state index contributed by atoms with van der Waals surface area (Å²) in [4.78, 5) is 22.9. The van der Waals surface area contributed by atoms with Crippen molar-refractivity contribution in [3.8, 4) is 5.75 Å². The monoisotopic (exact) mass is 280 g/mol. The van der Waals surface area contributed by atoms with E-state index in [1.54, 1.807) is 0 Å². The van der Waals surface area contributed by atoms with Crippen LogP contribution in [0.25, 0.3) is 0 Å². The van der Waals surface area contributed by atoms with Crippen molar-refractivity contribution in [3.05, 3.63) is 23.8 Å². The maximum absolute atomic E-state index is 11.9. The van der Waals surface area contributed by atoms with E-state index in [9.17, 15) is 9.59 Å². The van der Waals surface area contributed by atoms with Gasteiger partial charge in [0.05, 0.1) is 13.2 Å². The molecule has 2 atom stereocenters. The van der Waals surface area contributed by atoms with Gasteiger partial charge in [0.15, 0.2) is 0 Å². The number of carbonyl (C=O) groups is 2. The van der Waals surface area contributed by atoms with E-state index in [0.717, 1.165) is 6.42 Å². The van der Waals surface area contributed by atoms with Gasteiger partial charge in [-0.05, 0) is 18.1 Å². The zero-order valence-corrected chi connectivity index (χ0v) is 11.8. The standard InChI is InChI=1S/C14H20N2O4/c1-4-8(2)12(15)13(17)16-9-5-6-10(14(18)19)11(7-9)20-3/h5-8,12H,4,15H2,1-3H3,(H,16,17)(H,18,19)/t8-,12-/m0/s1. The second-order valence-electron chi connectivity index (χ2n) is 4.62. The zero-order valence-electron chi connectivity index (χ0n) is 11.8. The first-order chi connectivity index (χ1) is 9.40. The average Bonchev–Trinajstić information content (AvgIpc) is 2.44. The van der Waals surface area contributed by atoms with Gasteiger partial charge in [-0.3, -0.25) is 4.79 Å².